The highest BCUT2D eigenvalue weighted by Crippen LogP contribution is 2.43. The largest absolute Gasteiger partial charge is 0.481 e. The van der Waals surface area contributed by atoms with Gasteiger partial charge in [-0.3, -0.25) is 9.59 Å². The molecule has 0 saturated heterocycles. The normalized spacial score (nSPS) is 37.9. The molecule has 0 aromatic carbocycles. The van der Waals surface area contributed by atoms with Gasteiger partial charge in [-0.05, 0) is 32.1 Å². The minimum absolute atomic E-state index is 0.309. The van der Waals surface area contributed by atoms with E-state index in [1.165, 1.54) is 0 Å². The molecule has 1 fully saturated rings. The van der Waals surface area contributed by atoms with Gasteiger partial charge in [-0.1, -0.05) is 6.92 Å². The van der Waals surface area contributed by atoms with Crippen LogP contribution < -0.4 is 0 Å². The summed E-state index contributed by atoms with van der Waals surface area (Å²) >= 11 is 0. The van der Waals surface area contributed by atoms with Gasteiger partial charge in [0.05, 0.1) is 11.3 Å². The molecule has 0 spiro atoms. The van der Waals surface area contributed by atoms with Crippen molar-refractivity contribution < 1.29 is 19.8 Å². The summed E-state index contributed by atoms with van der Waals surface area (Å²) < 4.78 is 0. The van der Waals surface area contributed by atoms with E-state index in [0.29, 0.717) is 18.8 Å². The van der Waals surface area contributed by atoms with E-state index in [1.54, 1.807) is 6.92 Å². The fourth-order valence-corrected chi connectivity index (χ4v) is 2.13. The Morgan fingerprint density at radius 3 is 2.36 bits per heavy atom. The predicted molar refractivity (Wildman–Crippen MR) is 49.9 cm³/mol. The van der Waals surface area contributed by atoms with Crippen LogP contribution in [-0.4, -0.2) is 22.2 Å². The Balaban J connectivity index is 2.93. The van der Waals surface area contributed by atoms with Crippen LogP contribution in [0.15, 0.2) is 0 Å². The Bertz CT molecular complexity index is 261. The first-order valence-corrected chi connectivity index (χ1v) is 4.84. The van der Waals surface area contributed by atoms with E-state index < -0.39 is 23.3 Å². The van der Waals surface area contributed by atoms with Crippen LogP contribution in [0.1, 0.15) is 33.1 Å². The molecule has 0 aromatic rings. The maximum Gasteiger partial charge on any atom is 0.310 e. The van der Waals surface area contributed by atoms with Crippen LogP contribution in [0.2, 0.25) is 0 Å². The van der Waals surface area contributed by atoms with Crippen molar-refractivity contribution in [3.8, 4) is 0 Å². The summed E-state index contributed by atoms with van der Waals surface area (Å²) in [6, 6.07) is 0. The topological polar surface area (TPSA) is 74.6 Å². The van der Waals surface area contributed by atoms with Gasteiger partial charge in [-0.15, -0.1) is 0 Å². The Kier molecular flexibility index (Phi) is 2.83. The van der Waals surface area contributed by atoms with E-state index >= 15 is 0 Å². The highest BCUT2D eigenvalue weighted by molar-refractivity contribution is 5.83. The highest BCUT2D eigenvalue weighted by Gasteiger charge is 2.48. The van der Waals surface area contributed by atoms with Crippen LogP contribution in [0.3, 0.4) is 0 Å². The zero-order valence-corrected chi connectivity index (χ0v) is 8.49. The van der Waals surface area contributed by atoms with Gasteiger partial charge in [0.2, 0.25) is 0 Å². The van der Waals surface area contributed by atoms with Crippen LogP contribution in [0, 0.1) is 17.3 Å². The monoisotopic (exact) mass is 200 g/mol. The third-order valence-electron chi connectivity index (χ3n) is 3.35. The van der Waals surface area contributed by atoms with Crippen molar-refractivity contribution in [2.45, 2.75) is 33.1 Å². The average molecular weight is 200 g/mol. The molecule has 0 bridgehead atoms. The number of rotatable bonds is 2. The zero-order valence-electron chi connectivity index (χ0n) is 8.49. The van der Waals surface area contributed by atoms with Crippen LogP contribution >= 0.6 is 0 Å². The smallest absolute Gasteiger partial charge is 0.310 e. The molecule has 1 aliphatic carbocycles. The fourth-order valence-electron chi connectivity index (χ4n) is 2.13. The second kappa shape index (κ2) is 3.59. The second-order valence-corrected chi connectivity index (χ2v) is 4.49. The lowest BCUT2D eigenvalue weighted by molar-refractivity contribution is -0.165. The summed E-state index contributed by atoms with van der Waals surface area (Å²) in [5.74, 6) is -2.41. The van der Waals surface area contributed by atoms with Crippen molar-refractivity contribution in [3.63, 3.8) is 0 Å². The fraction of sp³-hybridized carbons (Fsp3) is 0.800. The molecular weight excluding hydrogens is 184 g/mol. The predicted octanol–water partition coefficient (Wildman–Crippen LogP) is 1.60. The summed E-state index contributed by atoms with van der Waals surface area (Å²) in [4.78, 5) is 22.0. The van der Waals surface area contributed by atoms with Gasteiger partial charge < -0.3 is 10.2 Å². The van der Waals surface area contributed by atoms with Crippen molar-refractivity contribution in [2.24, 2.45) is 17.3 Å². The van der Waals surface area contributed by atoms with Crippen LogP contribution in [0.4, 0.5) is 0 Å². The Labute approximate surface area is 82.9 Å². The third kappa shape index (κ3) is 1.74. The molecule has 1 unspecified atom stereocenters. The van der Waals surface area contributed by atoms with Crippen molar-refractivity contribution in [2.75, 3.05) is 0 Å². The second-order valence-electron chi connectivity index (χ2n) is 4.49. The number of aliphatic carboxylic acids is 2. The molecule has 2 N–H and O–H groups in total. The number of carboxylic acids is 2. The summed E-state index contributed by atoms with van der Waals surface area (Å²) in [5.41, 5.74) is -1.08. The van der Waals surface area contributed by atoms with E-state index in [9.17, 15) is 9.59 Å². The molecule has 14 heavy (non-hydrogen) atoms. The lowest BCUT2D eigenvalue weighted by atomic mass is 9.64. The first-order chi connectivity index (χ1) is 6.38. The maximum absolute atomic E-state index is 11.0. The van der Waals surface area contributed by atoms with E-state index in [-0.39, 0.29) is 0 Å². The summed E-state index contributed by atoms with van der Waals surface area (Å²) in [5, 5.41) is 18.0. The quantitative estimate of drug-likeness (QED) is 0.710. The number of hydrogen-bond donors (Lipinski definition) is 2. The van der Waals surface area contributed by atoms with Gasteiger partial charge in [0.25, 0.3) is 0 Å². The molecule has 1 saturated carbocycles. The third-order valence-corrected chi connectivity index (χ3v) is 3.35. The molecule has 0 aromatic heterocycles. The molecule has 0 heterocycles. The lowest BCUT2D eigenvalue weighted by Gasteiger charge is -2.37. The standard InChI is InChI=1S/C10H16O4/c1-6-3-4-10(2,9(13)14)7(5-6)8(11)12/h6-7H,3-5H2,1-2H3,(H,11,12)(H,13,14)/t6?,7-,10-/m0/s1. The molecule has 80 valence electrons. The van der Waals surface area contributed by atoms with Gasteiger partial charge >= 0.3 is 11.9 Å². The summed E-state index contributed by atoms with van der Waals surface area (Å²) in [6.07, 6.45) is 1.73. The molecule has 0 amide bonds. The molecule has 0 aliphatic heterocycles. The molecular formula is C10H16O4. The number of carbonyl (C=O) groups is 2. The van der Waals surface area contributed by atoms with Crippen LogP contribution in [-0.2, 0) is 9.59 Å². The number of hydrogen-bond acceptors (Lipinski definition) is 2. The Morgan fingerprint density at radius 1 is 1.36 bits per heavy atom. The van der Waals surface area contributed by atoms with Crippen molar-refractivity contribution in [1.82, 2.24) is 0 Å². The van der Waals surface area contributed by atoms with E-state index in [2.05, 4.69) is 0 Å². The zero-order chi connectivity index (χ0) is 10.9. The molecule has 4 nitrogen and oxygen atoms in total. The molecule has 1 aliphatic rings. The first kappa shape index (κ1) is 11.0. The minimum Gasteiger partial charge on any atom is -0.481 e. The lowest BCUT2D eigenvalue weighted by Crippen LogP contribution is -2.44. The minimum atomic E-state index is -1.08. The average Bonchev–Trinajstić information content (AvgIpc) is 2.08. The van der Waals surface area contributed by atoms with Gasteiger partial charge in [0.15, 0.2) is 0 Å². The molecule has 3 atom stereocenters. The van der Waals surface area contributed by atoms with Crippen molar-refractivity contribution in [3.05, 3.63) is 0 Å². The van der Waals surface area contributed by atoms with Gasteiger partial charge in [-0.25, -0.2) is 0 Å². The van der Waals surface area contributed by atoms with Crippen LogP contribution in [0.5, 0.6) is 0 Å². The van der Waals surface area contributed by atoms with Crippen molar-refractivity contribution in [1.29, 1.82) is 0 Å². The Morgan fingerprint density at radius 2 is 1.93 bits per heavy atom. The Hall–Kier alpha value is -1.06. The molecule has 4 heteroatoms. The number of carboxylic acid groups (broad SMARTS) is 2. The van der Waals surface area contributed by atoms with Crippen LogP contribution in [0.25, 0.3) is 0 Å². The van der Waals surface area contributed by atoms with E-state index in [4.69, 9.17) is 10.2 Å². The SMILES string of the molecule is CC1CC[C@](C)(C(=O)O)[C@H](C(=O)O)C1. The first-order valence-electron chi connectivity index (χ1n) is 4.84. The summed E-state index contributed by atoms with van der Waals surface area (Å²) in [6.45, 7) is 3.51. The molecule has 1 rings (SSSR count). The van der Waals surface area contributed by atoms with Gasteiger partial charge in [0.1, 0.15) is 0 Å². The van der Waals surface area contributed by atoms with E-state index in [0.717, 1.165) is 6.42 Å². The maximum atomic E-state index is 11.0. The summed E-state index contributed by atoms with van der Waals surface area (Å²) in [7, 11) is 0. The van der Waals surface area contributed by atoms with Crippen molar-refractivity contribution >= 4 is 11.9 Å². The molecule has 0 radical (unpaired) electrons. The van der Waals surface area contributed by atoms with Gasteiger partial charge in [0, 0.05) is 0 Å². The van der Waals surface area contributed by atoms with Gasteiger partial charge in [-0.2, -0.15) is 0 Å². The highest BCUT2D eigenvalue weighted by atomic mass is 16.4. The van der Waals surface area contributed by atoms with E-state index in [1.807, 2.05) is 6.92 Å².